The van der Waals surface area contributed by atoms with Crippen molar-refractivity contribution in [2.45, 2.75) is 58.5 Å². The van der Waals surface area contributed by atoms with E-state index >= 15 is 0 Å². The number of aryl methyl sites for hydroxylation is 1. The number of ether oxygens (including phenoxy) is 1. The highest BCUT2D eigenvalue weighted by Gasteiger charge is 2.28. The van der Waals surface area contributed by atoms with Gasteiger partial charge in [0.25, 0.3) is 0 Å². The zero-order valence-corrected chi connectivity index (χ0v) is 20.9. The first-order valence-electron chi connectivity index (χ1n) is 12.4. The van der Waals surface area contributed by atoms with E-state index in [0.717, 1.165) is 23.1 Å². The molecule has 3 atom stereocenters. The number of rotatable bonds is 6. The van der Waals surface area contributed by atoms with Gasteiger partial charge in [-0.25, -0.2) is 4.68 Å². The summed E-state index contributed by atoms with van der Waals surface area (Å²) >= 11 is 0. The van der Waals surface area contributed by atoms with Crippen LogP contribution >= 0.6 is 0 Å². The van der Waals surface area contributed by atoms with Crippen LogP contribution in [0.4, 0.5) is 0 Å². The Morgan fingerprint density at radius 2 is 2.17 bits per heavy atom. The maximum Gasteiger partial charge on any atom is 0.222 e. The highest BCUT2D eigenvalue weighted by atomic mass is 16.5. The van der Waals surface area contributed by atoms with Crippen LogP contribution in [0.15, 0.2) is 42.7 Å². The second-order valence-corrected chi connectivity index (χ2v) is 9.68. The number of aliphatic hydroxyl groups is 1. The number of pyridine rings is 1. The molecule has 0 fully saturated rings. The summed E-state index contributed by atoms with van der Waals surface area (Å²) in [5.41, 5.74) is 3.09. The lowest BCUT2D eigenvalue weighted by Crippen LogP contribution is -2.47. The summed E-state index contributed by atoms with van der Waals surface area (Å²) in [5.74, 6) is 0.119. The van der Waals surface area contributed by atoms with Gasteiger partial charge in [-0.3, -0.25) is 14.7 Å². The van der Waals surface area contributed by atoms with Crippen molar-refractivity contribution in [2.24, 2.45) is 5.92 Å². The molecule has 1 aromatic carbocycles. The molecule has 4 rings (SSSR count). The number of benzene rings is 1. The molecule has 9 heteroatoms. The third kappa shape index (κ3) is 6.42. The first-order chi connectivity index (χ1) is 16.9. The molecule has 0 unspecified atom stereocenters. The summed E-state index contributed by atoms with van der Waals surface area (Å²) in [5, 5.41) is 19.1. The number of amides is 1. The van der Waals surface area contributed by atoms with E-state index in [1.807, 2.05) is 23.9 Å². The van der Waals surface area contributed by atoms with Crippen molar-refractivity contribution in [3.8, 4) is 0 Å². The van der Waals surface area contributed by atoms with Crippen LogP contribution in [0.5, 0.6) is 0 Å². The van der Waals surface area contributed by atoms with Gasteiger partial charge in [-0.15, -0.1) is 5.10 Å². The van der Waals surface area contributed by atoms with E-state index in [2.05, 4.69) is 58.4 Å². The fourth-order valence-electron chi connectivity index (χ4n) is 4.64. The SMILES string of the molecule is C[C@@H]1CN([C@@H](C)CO)C(=O)CCCn2nncc2CO[C@@H]1CN(C)Cc1ccc2cccnc2c1. The Kier molecular flexibility index (Phi) is 8.43. The fourth-order valence-corrected chi connectivity index (χ4v) is 4.64. The average Bonchev–Trinajstić information content (AvgIpc) is 3.30. The zero-order chi connectivity index (χ0) is 24.8. The van der Waals surface area contributed by atoms with Gasteiger partial charge in [-0.05, 0) is 38.1 Å². The third-order valence-corrected chi connectivity index (χ3v) is 6.75. The van der Waals surface area contributed by atoms with Crippen molar-refractivity contribution in [3.05, 3.63) is 54.0 Å². The maximum atomic E-state index is 13.0. The van der Waals surface area contributed by atoms with Gasteiger partial charge in [0.2, 0.25) is 5.91 Å². The van der Waals surface area contributed by atoms with Crippen LogP contribution in [-0.4, -0.2) is 79.7 Å². The monoisotopic (exact) mass is 480 g/mol. The van der Waals surface area contributed by atoms with Gasteiger partial charge < -0.3 is 14.7 Å². The minimum absolute atomic E-state index is 0.0522. The number of carbonyl (C=O) groups excluding carboxylic acids is 1. The highest BCUT2D eigenvalue weighted by Crippen LogP contribution is 2.20. The molecule has 2 aromatic heterocycles. The highest BCUT2D eigenvalue weighted by molar-refractivity contribution is 5.78. The molecule has 1 amide bonds. The molecular formula is C26H36N6O3. The van der Waals surface area contributed by atoms with E-state index in [9.17, 15) is 9.90 Å². The normalized spacial score (nSPS) is 20.9. The lowest BCUT2D eigenvalue weighted by Gasteiger charge is -2.35. The summed E-state index contributed by atoms with van der Waals surface area (Å²) in [7, 11) is 2.08. The number of likely N-dealkylation sites (N-methyl/N-ethyl adjacent to an activating group) is 1. The predicted octanol–water partition coefficient (Wildman–Crippen LogP) is 2.48. The van der Waals surface area contributed by atoms with E-state index in [4.69, 9.17) is 4.74 Å². The quantitative estimate of drug-likeness (QED) is 0.579. The Hall–Kier alpha value is -2.88. The van der Waals surface area contributed by atoms with E-state index in [0.29, 0.717) is 39.1 Å². The van der Waals surface area contributed by atoms with E-state index in [1.54, 1.807) is 11.1 Å². The molecular weight excluding hydrogens is 444 g/mol. The lowest BCUT2D eigenvalue weighted by molar-refractivity contribution is -0.136. The summed E-state index contributed by atoms with van der Waals surface area (Å²) in [4.78, 5) is 21.5. The number of carbonyl (C=O) groups is 1. The van der Waals surface area contributed by atoms with Gasteiger partial charge in [-0.2, -0.15) is 0 Å². The van der Waals surface area contributed by atoms with Crippen molar-refractivity contribution in [1.29, 1.82) is 0 Å². The van der Waals surface area contributed by atoms with Gasteiger partial charge in [0.15, 0.2) is 0 Å². The standard InChI is InChI=1S/C26H36N6O3/c1-19-14-31(20(2)17-33)26(34)7-5-11-32-23(13-28-29-32)18-35-25(19)16-30(3)15-21-8-9-22-6-4-10-27-24(22)12-21/h4,6,8-10,12-13,19-20,25,33H,5,7,11,14-18H2,1-3H3/t19-,20+,25-/m1/s1. The minimum Gasteiger partial charge on any atom is -0.394 e. The Bertz CT molecular complexity index is 1120. The van der Waals surface area contributed by atoms with Crippen molar-refractivity contribution in [1.82, 2.24) is 29.8 Å². The van der Waals surface area contributed by atoms with Gasteiger partial charge in [0, 0.05) is 50.1 Å². The van der Waals surface area contributed by atoms with Crippen LogP contribution in [-0.2, 0) is 29.2 Å². The molecule has 0 saturated heterocycles. The molecule has 188 valence electrons. The number of aliphatic hydroxyl groups excluding tert-OH is 1. The molecule has 1 aliphatic rings. The second kappa shape index (κ2) is 11.7. The average molecular weight is 481 g/mol. The minimum atomic E-state index is -0.238. The molecule has 3 aromatic rings. The number of hydrogen-bond acceptors (Lipinski definition) is 7. The molecule has 0 bridgehead atoms. The van der Waals surface area contributed by atoms with Crippen molar-refractivity contribution in [2.75, 3.05) is 26.7 Å². The molecule has 9 nitrogen and oxygen atoms in total. The summed E-state index contributed by atoms with van der Waals surface area (Å²) in [6, 6.07) is 10.1. The van der Waals surface area contributed by atoms with Gasteiger partial charge in [0.1, 0.15) is 0 Å². The predicted molar refractivity (Wildman–Crippen MR) is 133 cm³/mol. The molecule has 3 heterocycles. The van der Waals surface area contributed by atoms with Crippen LogP contribution in [0.3, 0.4) is 0 Å². The molecule has 1 aliphatic heterocycles. The van der Waals surface area contributed by atoms with Gasteiger partial charge >= 0.3 is 0 Å². The largest absolute Gasteiger partial charge is 0.394 e. The first kappa shape index (κ1) is 25.2. The number of aromatic nitrogens is 4. The fraction of sp³-hybridized carbons (Fsp3) is 0.538. The third-order valence-electron chi connectivity index (χ3n) is 6.75. The topological polar surface area (TPSA) is 96.6 Å². The van der Waals surface area contributed by atoms with Gasteiger partial charge in [0.05, 0.1) is 42.8 Å². The van der Waals surface area contributed by atoms with Crippen LogP contribution in [0, 0.1) is 5.92 Å². The Morgan fingerprint density at radius 3 is 3.00 bits per heavy atom. The second-order valence-electron chi connectivity index (χ2n) is 9.68. The van der Waals surface area contributed by atoms with E-state index in [1.165, 1.54) is 5.56 Å². The van der Waals surface area contributed by atoms with Crippen LogP contribution < -0.4 is 0 Å². The Morgan fingerprint density at radius 1 is 1.31 bits per heavy atom. The zero-order valence-electron chi connectivity index (χ0n) is 20.9. The molecule has 0 spiro atoms. The molecule has 1 N–H and O–H groups in total. The maximum absolute atomic E-state index is 13.0. The number of nitrogens with zero attached hydrogens (tertiary/aromatic N) is 6. The van der Waals surface area contributed by atoms with Crippen molar-refractivity contribution in [3.63, 3.8) is 0 Å². The van der Waals surface area contributed by atoms with E-state index < -0.39 is 0 Å². The summed E-state index contributed by atoms with van der Waals surface area (Å²) < 4.78 is 8.25. The van der Waals surface area contributed by atoms with Crippen LogP contribution in [0.1, 0.15) is 37.9 Å². The van der Waals surface area contributed by atoms with Crippen LogP contribution in [0.25, 0.3) is 10.9 Å². The number of hydrogen-bond donors (Lipinski definition) is 1. The summed E-state index contributed by atoms with van der Waals surface area (Å²) in [6.07, 6.45) is 4.52. The summed E-state index contributed by atoms with van der Waals surface area (Å²) in [6.45, 7) is 6.96. The Labute approximate surface area is 206 Å². The molecule has 0 aliphatic carbocycles. The molecule has 0 radical (unpaired) electrons. The van der Waals surface area contributed by atoms with Crippen molar-refractivity contribution < 1.29 is 14.6 Å². The molecule has 0 saturated carbocycles. The first-order valence-corrected chi connectivity index (χ1v) is 12.4. The smallest absolute Gasteiger partial charge is 0.222 e. The van der Waals surface area contributed by atoms with Crippen LogP contribution in [0.2, 0.25) is 0 Å². The Balaban J connectivity index is 1.51. The van der Waals surface area contributed by atoms with Gasteiger partial charge in [-0.1, -0.05) is 30.3 Å². The molecule has 35 heavy (non-hydrogen) atoms. The van der Waals surface area contributed by atoms with Crippen molar-refractivity contribution >= 4 is 16.8 Å². The number of fused-ring (bicyclic) bond motifs is 2. The van der Waals surface area contributed by atoms with E-state index in [-0.39, 0.29) is 30.6 Å². The lowest BCUT2D eigenvalue weighted by atomic mass is 10.0.